The molecule has 0 fully saturated rings. The van der Waals surface area contributed by atoms with Gasteiger partial charge in [0.1, 0.15) is 17.4 Å². The maximum atomic E-state index is 10.9. The number of carbonyl (C=O) groups is 1. The Kier molecular flexibility index (Phi) is 2.44. The number of rotatable bonds is 2. The SMILES string of the molecule is Cc1ccc2oc(C)c(C(N)C(=O)O)c2c1. The molecule has 1 unspecified atom stereocenters. The molecule has 1 heterocycles. The Bertz CT molecular complexity index is 557. The standard InChI is InChI=1S/C12H13NO3/c1-6-3-4-9-8(5-6)10(7(2)16-9)11(13)12(14)15/h3-5,11H,13H2,1-2H3,(H,14,15). The number of nitrogens with two attached hydrogens (primary N) is 1. The van der Waals surface area contributed by atoms with Crippen molar-refractivity contribution in [2.24, 2.45) is 5.73 Å². The lowest BCUT2D eigenvalue weighted by Gasteiger charge is -2.05. The summed E-state index contributed by atoms with van der Waals surface area (Å²) in [5, 5.41) is 9.72. The maximum Gasteiger partial charge on any atom is 0.325 e. The first-order chi connectivity index (χ1) is 7.50. The van der Waals surface area contributed by atoms with Crippen molar-refractivity contribution in [1.82, 2.24) is 0 Å². The predicted molar refractivity (Wildman–Crippen MR) is 60.3 cm³/mol. The second-order valence-electron chi connectivity index (χ2n) is 3.89. The highest BCUT2D eigenvalue weighted by atomic mass is 16.4. The van der Waals surface area contributed by atoms with Gasteiger partial charge in [-0.05, 0) is 26.0 Å². The zero-order chi connectivity index (χ0) is 11.9. The third kappa shape index (κ3) is 1.57. The molecule has 4 heteroatoms. The van der Waals surface area contributed by atoms with Crippen molar-refractivity contribution in [3.05, 3.63) is 35.1 Å². The molecule has 0 amide bonds. The van der Waals surface area contributed by atoms with Crippen LogP contribution in [-0.4, -0.2) is 11.1 Å². The minimum Gasteiger partial charge on any atom is -0.480 e. The van der Waals surface area contributed by atoms with Crippen LogP contribution >= 0.6 is 0 Å². The molecule has 0 saturated carbocycles. The van der Waals surface area contributed by atoms with Gasteiger partial charge < -0.3 is 15.3 Å². The number of benzene rings is 1. The minimum atomic E-state index is -1.05. The molecule has 2 aromatic rings. The Morgan fingerprint density at radius 3 is 2.75 bits per heavy atom. The van der Waals surface area contributed by atoms with Crippen LogP contribution in [0.4, 0.5) is 0 Å². The molecule has 0 aliphatic heterocycles. The fourth-order valence-corrected chi connectivity index (χ4v) is 1.86. The molecule has 1 aromatic heterocycles. The summed E-state index contributed by atoms with van der Waals surface area (Å²) in [6.45, 7) is 3.67. The average Bonchev–Trinajstić information content (AvgIpc) is 2.52. The van der Waals surface area contributed by atoms with Crippen LogP contribution in [0.15, 0.2) is 22.6 Å². The van der Waals surface area contributed by atoms with Crippen molar-refractivity contribution >= 4 is 16.9 Å². The van der Waals surface area contributed by atoms with E-state index in [4.69, 9.17) is 15.3 Å². The van der Waals surface area contributed by atoms with Crippen LogP contribution in [0.25, 0.3) is 11.0 Å². The largest absolute Gasteiger partial charge is 0.480 e. The summed E-state index contributed by atoms with van der Waals surface area (Å²) in [7, 11) is 0. The van der Waals surface area contributed by atoms with E-state index in [1.54, 1.807) is 6.92 Å². The summed E-state index contributed by atoms with van der Waals surface area (Å²) in [6, 6.07) is 4.60. The lowest BCUT2D eigenvalue weighted by atomic mass is 10.0. The Hall–Kier alpha value is -1.81. The van der Waals surface area contributed by atoms with E-state index in [1.807, 2.05) is 25.1 Å². The van der Waals surface area contributed by atoms with Gasteiger partial charge in [0.25, 0.3) is 0 Å². The number of aliphatic carboxylic acids is 1. The predicted octanol–water partition coefficient (Wildman–Crippen LogP) is 2.13. The van der Waals surface area contributed by atoms with E-state index < -0.39 is 12.0 Å². The van der Waals surface area contributed by atoms with Crippen LogP contribution in [-0.2, 0) is 4.79 Å². The second-order valence-corrected chi connectivity index (χ2v) is 3.89. The molecular weight excluding hydrogens is 206 g/mol. The lowest BCUT2D eigenvalue weighted by Crippen LogP contribution is -2.21. The van der Waals surface area contributed by atoms with Gasteiger partial charge in [-0.3, -0.25) is 4.79 Å². The molecule has 0 aliphatic rings. The van der Waals surface area contributed by atoms with Gasteiger partial charge in [-0.25, -0.2) is 0 Å². The molecule has 4 nitrogen and oxygen atoms in total. The first-order valence-electron chi connectivity index (χ1n) is 4.98. The zero-order valence-corrected chi connectivity index (χ0v) is 9.15. The molecule has 84 valence electrons. The first-order valence-corrected chi connectivity index (χ1v) is 4.98. The number of aryl methyl sites for hydroxylation is 2. The normalized spacial score (nSPS) is 12.9. The smallest absolute Gasteiger partial charge is 0.325 e. The Morgan fingerprint density at radius 1 is 1.44 bits per heavy atom. The highest BCUT2D eigenvalue weighted by Gasteiger charge is 2.22. The second kappa shape index (κ2) is 3.64. The van der Waals surface area contributed by atoms with Gasteiger partial charge in [0.05, 0.1) is 0 Å². The Labute approximate surface area is 92.7 Å². The number of furan rings is 1. The van der Waals surface area contributed by atoms with Gasteiger partial charge in [-0.1, -0.05) is 11.6 Å². The fourth-order valence-electron chi connectivity index (χ4n) is 1.86. The molecular formula is C12H13NO3. The quantitative estimate of drug-likeness (QED) is 0.811. The summed E-state index contributed by atoms with van der Waals surface area (Å²) in [6.07, 6.45) is 0. The highest BCUT2D eigenvalue weighted by molar-refractivity contribution is 5.89. The van der Waals surface area contributed by atoms with E-state index in [9.17, 15) is 4.79 Å². The molecule has 3 N–H and O–H groups in total. The van der Waals surface area contributed by atoms with Gasteiger partial charge in [0.2, 0.25) is 0 Å². The molecule has 1 atom stereocenters. The molecule has 0 saturated heterocycles. The van der Waals surface area contributed by atoms with E-state index in [2.05, 4.69) is 0 Å². The van der Waals surface area contributed by atoms with Gasteiger partial charge in [0.15, 0.2) is 0 Å². The van der Waals surface area contributed by atoms with Crippen molar-refractivity contribution in [1.29, 1.82) is 0 Å². The summed E-state index contributed by atoms with van der Waals surface area (Å²) in [5.74, 6) is -0.484. The van der Waals surface area contributed by atoms with E-state index >= 15 is 0 Å². The molecule has 16 heavy (non-hydrogen) atoms. The monoisotopic (exact) mass is 219 g/mol. The van der Waals surface area contributed by atoms with Crippen LogP contribution in [0.3, 0.4) is 0 Å². The van der Waals surface area contributed by atoms with Crippen molar-refractivity contribution in [3.8, 4) is 0 Å². The summed E-state index contributed by atoms with van der Waals surface area (Å²) in [5.41, 5.74) is 7.93. The molecule has 0 spiro atoms. The fraction of sp³-hybridized carbons (Fsp3) is 0.250. The highest BCUT2D eigenvalue weighted by Crippen LogP contribution is 2.30. The van der Waals surface area contributed by atoms with E-state index in [1.165, 1.54) is 0 Å². The first kappa shape index (κ1) is 10.7. The molecule has 1 aromatic carbocycles. The Balaban J connectivity index is 2.72. The van der Waals surface area contributed by atoms with Crippen molar-refractivity contribution in [3.63, 3.8) is 0 Å². The van der Waals surface area contributed by atoms with E-state index in [0.717, 1.165) is 10.9 Å². The van der Waals surface area contributed by atoms with Crippen LogP contribution in [0.2, 0.25) is 0 Å². The zero-order valence-electron chi connectivity index (χ0n) is 9.15. The van der Waals surface area contributed by atoms with Crippen LogP contribution < -0.4 is 5.73 Å². The number of fused-ring (bicyclic) bond motifs is 1. The number of hydrogen-bond donors (Lipinski definition) is 2. The van der Waals surface area contributed by atoms with Gasteiger partial charge in [-0.2, -0.15) is 0 Å². The summed E-state index contributed by atoms with van der Waals surface area (Å²) >= 11 is 0. The molecule has 0 aliphatic carbocycles. The molecule has 2 rings (SSSR count). The number of carboxylic acids is 1. The number of hydrogen-bond acceptors (Lipinski definition) is 3. The summed E-state index contributed by atoms with van der Waals surface area (Å²) < 4.78 is 5.48. The average molecular weight is 219 g/mol. The van der Waals surface area contributed by atoms with Crippen molar-refractivity contribution < 1.29 is 14.3 Å². The van der Waals surface area contributed by atoms with E-state index in [-0.39, 0.29) is 0 Å². The third-order valence-corrected chi connectivity index (χ3v) is 2.64. The van der Waals surface area contributed by atoms with Gasteiger partial charge >= 0.3 is 5.97 Å². The lowest BCUT2D eigenvalue weighted by molar-refractivity contribution is -0.138. The maximum absolute atomic E-state index is 10.9. The Morgan fingerprint density at radius 2 is 2.12 bits per heavy atom. The topological polar surface area (TPSA) is 76.5 Å². The van der Waals surface area contributed by atoms with Gasteiger partial charge in [-0.15, -0.1) is 0 Å². The van der Waals surface area contributed by atoms with E-state index in [0.29, 0.717) is 16.9 Å². The molecule has 0 radical (unpaired) electrons. The number of carboxylic acid groups (broad SMARTS) is 1. The third-order valence-electron chi connectivity index (χ3n) is 2.64. The van der Waals surface area contributed by atoms with Crippen molar-refractivity contribution in [2.75, 3.05) is 0 Å². The van der Waals surface area contributed by atoms with Crippen LogP contribution in [0, 0.1) is 13.8 Å². The van der Waals surface area contributed by atoms with Crippen LogP contribution in [0.5, 0.6) is 0 Å². The summed E-state index contributed by atoms with van der Waals surface area (Å²) in [4.78, 5) is 10.9. The van der Waals surface area contributed by atoms with Crippen molar-refractivity contribution in [2.45, 2.75) is 19.9 Å². The molecule has 0 bridgehead atoms. The van der Waals surface area contributed by atoms with Crippen LogP contribution in [0.1, 0.15) is 22.9 Å². The minimum absolute atomic E-state index is 0.561. The van der Waals surface area contributed by atoms with Gasteiger partial charge in [0, 0.05) is 10.9 Å².